The molecule has 226 valence electrons. The van der Waals surface area contributed by atoms with E-state index in [0.717, 1.165) is 16.8 Å². The van der Waals surface area contributed by atoms with E-state index >= 15 is 0 Å². The second kappa shape index (κ2) is 13.7. The molecule has 0 saturated carbocycles. The number of hydrogen-bond donors (Lipinski definition) is 4. The maximum atomic E-state index is 13.6. The molecule has 4 N–H and O–H groups in total. The van der Waals surface area contributed by atoms with Crippen LogP contribution >= 0.6 is 0 Å². The molecule has 2 fully saturated rings. The van der Waals surface area contributed by atoms with Crippen molar-refractivity contribution in [1.82, 2.24) is 9.88 Å². The number of pyridine rings is 1. The number of amides is 2. The first-order chi connectivity index (χ1) is 20.8. The quantitative estimate of drug-likeness (QED) is 0.126. The zero-order valence-corrected chi connectivity index (χ0v) is 24.0. The topological polar surface area (TPSA) is 157 Å². The highest BCUT2D eigenvalue weighted by molar-refractivity contribution is 6.43. The molecule has 0 unspecified atom stereocenters. The molecule has 2 aliphatic heterocycles. The van der Waals surface area contributed by atoms with Crippen molar-refractivity contribution in [1.29, 1.82) is 0 Å². The van der Waals surface area contributed by atoms with Crippen molar-refractivity contribution >= 4 is 36.6 Å². The van der Waals surface area contributed by atoms with Crippen molar-refractivity contribution in [2.24, 2.45) is 17.8 Å². The zero-order chi connectivity index (χ0) is 30.5. The van der Waals surface area contributed by atoms with Gasteiger partial charge >= 0.3 is 13.1 Å². The van der Waals surface area contributed by atoms with Gasteiger partial charge in [-0.3, -0.25) is 24.3 Å². The summed E-state index contributed by atoms with van der Waals surface area (Å²) in [5.74, 6) is -2.94. The van der Waals surface area contributed by atoms with Crippen molar-refractivity contribution in [3.8, 4) is 5.75 Å². The molecule has 10 nitrogen and oxygen atoms in total. The van der Waals surface area contributed by atoms with Crippen LogP contribution in [0.15, 0.2) is 59.8 Å². The molecule has 0 bridgehead atoms. The first-order valence-electron chi connectivity index (χ1n) is 14.9. The van der Waals surface area contributed by atoms with Gasteiger partial charge in [-0.05, 0) is 85.3 Å². The van der Waals surface area contributed by atoms with Crippen LogP contribution in [-0.4, -0.2) is 74.4 Å². The number of imide groups is 1. The number of unbranched alkanes of at least 4 members (excludes halogenated alkanes) is 2. The summed E-state index contributed by atoms with van der Waals surface area (Å²) in [5, 5.41) is 40.4. The predicted molar refractivity (Wildman–Crippen MR) is 159 cm³/mol. The largest absolute Gasteiger partial charge is 0.507 e. The summed E-state index contributed by atoms with van der Waals surface area (Å²) >= 11 is 0. The number of likely N-dealkylation sites (tertiary alicyclic amines) is 1. The van der Waals surface area contributed by atoms with Gasteiger partial charge in [0.25, 0.3) is 0 Å². The summed E-state index contributed by atoms with van der Waals surface area (Å²) < 4.78 is 6.03. The number of carbonyl (C=O) groups is 3. The van der Waals surface area contributed by atoms with Gasteiger partial charge in [-0.15, -0.1) is 0 Å². The number of aromatic nitrogens is 1. The van der Waals surface area contributed by atoms with Crippen LogP contribution in [0.4, 0.5) is 0 Å². The summed E-state index contributed by atoms with van der Waals surface area (Å²) in [5.41, 5.74) is 3.69. The minimum Gasteiger partial charge on any atom is -0.507 e. The number of rotatable bonds is 12. The van der Waals surface area contributed by atoms with Gasteiger partial charge < -0.3 is 25.0 Å². The lowest BCUT2D eigenvalue weighted by atomic mass is 9.58. The fourth-order valence-corrected chi connectivity index (χ4v) is 6.83. The molecule has 1 aromatic carbocycles. The summed E-state index contributed by atoms with van der Waals surface area (Å²) in [6.07, 6.45) is 5.94. The van der Waals surface area contributed by atoms with Gasteiger partial charge in [0.05, 0.1) is 30.2 Å². The molecule has 43 heavy (non-hydrogen) atoms. The van der Waals surface area contributed by atoms with E-state index in [1.165, 1.54) is 4.90 Å². The Kier molecular flexibility index (Phi) is 9.74. The number of para-hydroxylation sites is 1. The lowest BCUT2D eigenvalue weighted by Crippen LogP contribution is -2.46. The van der Waals surface area contributed by atoms with Crippen LogP contribution in [0.1, 0.15) is 56.2 Å². The average molecular weight is 588 g/mol. The van der Waals surface area contributed by atoms with Crippen molar-refractivity contribution in [3.05, 3.63) is 71.1 Å². The lowest BCUT2D eigenvalue weighted by Gasteiger charge is -2.43. The number of nitrogens with zero attached hydrogens (tertiary/aromatic N) is 2. The first-order valence-corrected chi connectivity index (χ1v) is 14.9. The molecule has 2 amide bonds. The molecule has 0 spiro atoms. The Labute approximate surface area is 250 Å². The molecule has 2 saturated heterocycles. The number of fused-ring (bicyclic) bond motifs is 3. The van der Waals surface area contributed by atoms with Crippen LogP contribution in [0.3, 0.4) is 0 Å². The molecule has 3 heterocycles. The minimum atomic E-state index is -1.13. The molecule has 5 rings (SSSR count). The third-order valence-corrected chi connectivity index (χ3v) is 8.80. The predicted octanol–water partition coefficient (Wildman–Crippen LogP) is 3.54. The van der Waals surface area contributed by atoms with Crippen molar-refractivity contribution in [3.63, 3.8) is 0 Å². The van der Waals surface area contributed by atoms with Gasteiger partial charge in [0.2, 0.25) is 11.8 Å². The highest BCUT2D eigenvalue weighted by atomic mass is 16.5. The van der Waals surface area contributed by atoms with Gasteiger partial charge in [-0.25, -0.2) is 0 Å². The second-order valence-corrected chi connectivity index (χ2v) is 11.5. The zero-order valence-electron chi connectivity index (χ0n) is 24.0. The molecule has 11 heteroatoms. The lowest BCUT2D eigenvalue weighted by molar-refractivity contribution is -0.141. The number of carboxylic acids is 1. The number of hydrogen-bond acceptors (Lipinski definition) is 8. The van der Waals surface area contributed by atoms with E-state index < -0.39 is 36.9 Å². The summed E-state index contributed by atoms with van der Waals surface area (Å²) in [6, 6.07) is 12.6. The SMILES string of the molecule is O=C(O)CCCCCN1C(=O)[C@@H]2[C@@H](CC(CO)=C3[C@@H](CC/C(=C/c4ccccc4O)c4ccccn4)OB(O)C[C@@H]32)C1=O. The number of carbonyl (C=O) groups excluding carboxylic acids is 2. The number of aliphatic hydroxyl groups excluding tert-OH is 1. The van der Waals surface area contributed by atoms with Crippen molar-refractivity contribution in [2.75, 3.05) is 13.2 Å². The number of carboxylic acid groups (broad SMARTS) is 1. The maximum Gasteiger partial charge on any atom is 0.455 e. The average Bonchev–Trinajstić information content (AvgIpc) is 3.24. The van der Waals surface area contributed by atoms with Gasteiger partial charge in [-0.2, -0.15) is 0 Å². The van der Waals surface area contributed by atoms with E-state index in [-0.39, 0.29) is 49.9 Å². The molecular weight excluding hydrogens is 551 g/mol. The number of aromatic hydroxyl groups is 1. The fourth-order valence-electron chi connectivity index (χ4n) is 6.83. The van der Waals surface area contributed by atoms with Crippen LogP contribution in [0.25, 0.3) is 11.6 Å². The van der Waals surface area contributed by atoms with E-state index in [9.17, 15) is 29.6 Å². The maximum absolute atomic E-state index is 13.6. The van der Waals surface area contributed by atoms with Crippen LogP contribution in [-0.2, 0) is 19.0 Å². The Morgan fingerprint density at radius 2 is 1.84 bits per heavy atom. The number of allylic oxidation sites excluding steroid dienone is 1. The summed E-state index contributed by atoms with van der Waals surface area (Å²) in [7, 11) is -1.13. The third-order valence-electron chi connectivity index (χ3n) is 8.80. The molecule has 0 radical (unpaired) electrons. The standard InChI is InChI=1S/C32H37BN2O8/c36-19-22-17-23-30(32(41)35(31(23)40)15-7-1-2-11-28(38)39)24-18-33(42)43-27(29(22)24)13-12-20(25-9-5-6-14-34-25)16-21-8-3-4-10-26(21)37/h3-6,8-10,14,16,23-24,27,30,36-37,42H,1-2,7,11-13,15,17-19H2,(H,38,39)/b20-16-/t23-,24+,27-,30-/m1/s1. The van der Waals surface area contributed by atoms with E-state index in [1.54, 1.807) is 18.3 Å². The molecule has 1 aliphatic carbocycles. The van der Waals surface area contributed by atoms with Crippen molar-refractivity contribution in [2.45, 2.75) is 57.4 Å². The Hall–Kier alpha value is -3.80. The van der Waals surface area contributed by atoms with Crippen LogP contribution in [0, 0.1) is 17.8 Å². The summed E-state index contributed by atoms with van der Waals surface area (Å²) in [4.78, 5) is 43.6. The number of phenols is 1. The second-order valence-electron chi connectivity index (χ2n) is 11.5. The van der Waals surface area contributed by atoms with Crippen molar-refractivity contribution < 1.29 is 39.4 Å². The minimum absolute atomic E-state index is 0.0470. The van der Waals surface area contributed by atoms with E-state index in [1.807, 2.05) is 36.4 Å². The monoisotopic (exact) mass is 588 g/mol. The molecule has 2 aromatic rings. The smallest absolute Gasteiger partial charge is 0.455 e. The fraction of sp³-hybridized carbons (Fsp3) is 0.438. The first kappa shape index (κ1) is 30.7. The van der Waals surface area contributed by atoms with E-state index in [0.29, 0.717) is 43.2 Å². The van der Waals surface area contributed by atoms with Crippen LogP contribution in [0.2, 0.25) is 6.32 Å². The number of aliphatic carboxylic acids is 1. The Morgan fingerprint density at radius 3 is 2.56 bits per heavy atom. The Bertz CT molecular complexity index is 1410. The van der Waals surface area contributed by atoms with Gasteiger partial charge in [0, 0.05) is 24.7 Å². The van der Waals surface area contributed by atoms with Crippen LogP contribution < -0.4 is 0 Å². The normalized spacial score (nSPS) is 23.9. The van der Waals surface area contributed by atoms with Crippen LogP contribution in [0.5, 0.6) is 5.75 Å². The summed E-state index contributed by atoms with van der Waals surface area (Å²) in [6.45, 7) is -0.0453. The number of aliphatic hydroxyl groups is 1. The van der Waals surface area contributed by atoms with Gasteiger partial charge in [0.1, 0.15) is 5.75 Å². The van der Waals surface area contributed by atoms with E-state index in [4.69, 9.17) is 9.76 Å². The Balaban J connectivity index is 1.37. The van der Waals surface area contributed by atoms with E-state index in [2.05, 4.69) is 4.98 Å². The molecular formula is C32H37BN2O8. The van der Waals surface area contributed by atoms with Gasteiger partial charge in [0.15, 0.2) is 0 Å². The third kappa shape index (κ3) is 6.74. The molecule has 3 aliphatic rings. The number of benzene rings is 1. The molecule has 1 aromatic heterocycles. The molecule has 4 atom stereocenters. The number of phenolic OH excluding ortho intramolecular Hbond substituents is 1. The highest BCUT2D eigenvalue weighted by Gasteiger charge is 2.57. The van der Waals surface area contributed by atoms with Gasteiger partial charge in [-0.1, -0.05) is 30.7 Å². The highest BCUT2D eigenvalue weighted by Crippen LogP contribution is 2.50. The Morgan fingerprint density at radius 1 is 1.05 bits per heavy atom.